The van der Waals surface area contributed by atoms with Crippen LogP contribution in [0, 0.1) is 11.8 Å². The lowest BCUT2D eigenvalue weighted by Gasteiger charge is -2.25. The molecule has 0 radical (unpaired) electrons. The first-order valence-corrected chi connectivity index (χ1v) is 6.51. The Morgan fingerprint density at radius 3 is 2.21 bits per heavy atom. The van der Waals surface area contributed by atoms with Crippen LogP contribution in [0.3, 0.4) is 0 Å². The third kappa shape index (κ3) is 5.47. The Morgan fingerprint density at radius 2 is 1.71 bits per heavy atom. The third-order valence-corrected chi connectivity index (χ3v) is 3.07. The molecule has 1 aliphatic carbocycles. The standard InChI is InChI=1S/C12H22.C2H6/c1-3-4-8-11(2)12-9-6-5-7-10-12;1-2/h4,8,11-12H,3,5-7,9-10H2,1-2H3;1-2H3/b8-4+;. The molecular weight excluding hydrogens is 168 g/mol. The zero-order chi connectivity index (χ0) is 10.8. The molecule has 0 saturated heterocycles. The molecule has 0 heterocycles. The van der Waals surface area contributed by atoms with Crippen LogP contribution in [0.4, 0.5) is 0 Å². The maximum Gasteiger partial charge on any atom is -0.0234 e. The van der Waals surface area contributed by atoms with Gasteiger partial charge in [0.1, 0.15) is 0 Å². The van der Waals surface area contributed by atoms with Gasteiger partial charge in [0, 0.05) is 0 Å². The van der Waals surface area contributed by atoms with Crippen LogP contribution in [0.1, 0.15) is 66.2 Å². The Hall–Kier alpha value is -0.260. The molecule has 0 heteroatoms. The summed E-state index contributed by atoms with van der Waals surface area (Å²) >= 11 is 0. The van der Waals surface area contributed by atoms with Crippen LogP contribution in [0.2, 0.25) is 0 Å². The van der Waals surface area contributed by atoms with Gasteiger partial charge >= 0.3 is 0 Å². The van der Waals surface area contributed by atoms with Gasteiger partial charge in [0.2, 0.25) is 0 Å². The molecule has 0 aromatic carbocycles. The van der Waals surface area contributed by atoms with Gasteiger partial charge in [-0.05, 0) is 31.1 Å². The molecular formula is C14H28. The molecule has 1 unspecified atom stereocenters. The quantitative estimate of drug-likeness (QED) is 0.545. The highest BCUT2D eigenvalue weighted by atomic mass is 14.2. The predicted molar refractivity (Wildman–Crippen MR) is 66.5 cm³/mol. The second kappa shape index (κ2) is 9.30. The van der Waals surface area contributed by atoms with E-state index in [1.165, 1.54) is 38.5 Å². The summed E-state index contributed by atoms with van der Waals surface area (Å²) in [6.07, 6.45) is 13.3. The molecule has 0 bridgehead atoms. The fourth-order valence-electron chi connectivity index (χ4n) is 2.17. The van der Waals surface area contributed by atoms with Crippen molar-refractivity contribution in [3.8, 4) is 0 Å². The minimum atomic E-state index is 0.824. The first-order valence-electron chi connectivity index (χ1n) is 6.51. The number of allylic oxidation sites excluding steroid dienone is 2. The molecule has 0 nitrogen and oxygen atoms in total. The summed E-state index contributed by atoms with van der Waals surface area (Å²) in [7, 11) is 0. The van der Waals surface area contributed by atoms with Crippen LogP contribution in [0.25, 0.3) is 0 Å². The highest BCUT2D eigenvalue weighted by molar-refractivity contribution is 4.89. The van der Waals surface area contributed by atoms with Crippen molar-refractivity contribution in [1.82, 2.24) is 0 Å². The molecule has 1 saturated carbocycles. The van der Waals surface area contributed by atoms with Gasteiger partial charge < -0.3 is 0 Å². The lowest BCUT2D eigenvalue weighted by molar-refractivity contribution is 0.299. The van der Waals surface area contributed by atoms with E-state index in [1.807, 2.05) is 13.8 Å². The Morgan fingerprint density at radius 1 is 1.14 bits per heavy atom. The second-order valence-corrected chi connectivity index (χ2v) is 4.09. The molecule has 0 N–H and O–H groups in total. The van der Waals surface area contributed by atoms with Crippen molar-refractivity contribution in [2.24, 2.45) is 11.8 Å². The van der Waals surface area contributed by atoms with E-state index < -0.39 is 0 Å². The van der Waals surface area contributed by atoms with Crippen LogP contribution in [-0.2, 0) is 0 Å². The van der Waals surface area contributed by atoms with E-state index in [0.717, 1.165) is 11.8 Å². The smallest absolute Gasteiger partial charge is 0.0234 e. The molecule has 0 aromatic rings. The number of hydrogen-bond donors (Lipinski definition) is 0. The Balaban J connectivity index is 0.000000791. The summed E-state index contributed by atoms with van der Waals surface area (Å²) in [5, 5.41) is 0. The topological polar surface area (TPSA) is 0 Å². The van der Waals surface area contributed by atoms with Gasteiger partial charge in [-0.2, -0.15) is 0 Å². The van der Waals surface area contributed by atoms with E-state index in [-0.39, 0.29) is 0 Å². The molecule has 84 valence electrons. The Kier molecular flexibility index (Phi) is 9.13. The van der Waals surface area contributed by atoms with Crippen LogP contribution in [-0.4, -0.2) is 0 Å². The highest BCUT2D eigenvalue weighted by Gasteiger charge is 2.17. The zero-order valence-electron chi connectivity index (χ0n) is 10.6. The van der Waals surface area contributed by atoms with E-state index in [4.69, 9.17) is 0 Å². The van der Waals surface area contributed by atoms with Crippen LogP contribution in [0.15, 0.2) is 12.2 Å². The normalized spacial score (nSPS) is 20.3. The summed E-state index contributed by atoms with van der Waals surface area (Å²) in [5.74, 6) is 1.81. The van der Waals surface area contributed by atoms with Crippen molar-refractivity contribution in [3.63, 3.8) is 0 Å². The molecule has 0 amide bonds. The lowest BCUT2D eigenvalue weighted by Crippen LogP contribution is -2.13. The molecule has 1 fully saturated rings. The fraction of sp³-hybridized carbons (Fsp3) is 0.857. The van der Waals surface area contributed by atoms with Crippen molar-refractivity contribution in [2.75, 3.05) is 0 Å². The number of hydrogen-bond acceptors (Lipinski definition) is 0. The van der Waals surface area contributed by atoms with Crippen molar-refractivity contribution < 1.29 is 0 Å². The van der Waals surface area contributed by atoms with Crippen molar-refractivity contribution in [1.29, 1.82) is 0 Å². The fourth-order valence-corrected chi connectivity index (χ4v) is 2.17. The largest absolute Gasteiger partial charge is 0.0885 e. The predicted octanol–water partition coefficient (Wildman–Crippen LogP) is 5.20. The van der Waals surface area contributed by atoms with E-state index >= 15 is 0 Å². The van der Waals surface area contributed by atoms with Gasteiger partial charge in [-0.25, -0.2) is 0 Å². The van der Waals surface area contributed by atoms with Crippen molar-refractivity contribution >= 4 is 0 Å². The Labute approximate surface area is 90.8 Å². The van der Waals surface area contributed by atoms with Gasteiger partial charge in [0.25, 0.3) is 0 Å². The van der Waals surface area contributed by atoms with Crippen LogP contribution in [0.5, 0.6) is 0 Å². The zero-order valence-corrected chi connectivity index (χ0v) is 10.6. The summed E-state index contributed by atoms with van der Waals surface area (Å²) < 4.78 is 0. The maximum atomic E-state index is 2.41. The van der Waals surface area contributed by atoms with Gasteiger partial charge in [0.15, 0.2) is 0 Å². The average molecular weight is 196 g/mol. The minimum Gasteiger partial charge on any atom is -0.0885 e. The Bertz CT molecular complexity index is 129. The molecule has 14 heavy (non-hydrogen) atoms. The van der Waals surface area contributed by atoms with Crippen molar-refractivity contribution in [3.05, 3.63) is 12.2 Å². The third-order valence-electron chi connectivity index (χ3n) is 3.07. The van der Waals surface area contributed by atoms with Gasteiger partial charge in [-0.15, -0.1) is 0 Å². The molecule has 0 aliphatic heterocycles. The highest BCUT2D eigenvalue weighted by Crippen LogP contribution is 2.30. The molecule has 0 spiro atoms. The van der Waals surface area contributed by atoms with Gasteiger partial charge in [-0.3, -0.25) is 0 Å². The van der Waals surface area contributed by atoms with E-state index in [2.05, 4.69) is 26.0 Å². The van der Waals surface area contributed by atoms with Crippen LogP contribution >= 0.6 is 0 Å². The molecule has 0 aromatic heterocycles. The number of rotatable bonds is 3. The molecule has 1 aliphatic rings. The average Bonchev–Trinajstić information content (AvgIpc) is 2.30. The monoisotopic (exact) mass is 196 g/mol. The second-order valence-electron chi connectivity index (χ2n) is 4.09. The van der Waals surface area contributed by atoms with Crippen molar-refractivity contribution in [2.45, 2.75) is 66.2 Å². The summed E-state index contributed by atoms with van der Waals surface area (Å²) in [4.78, 5) is 0. The first kappa shape index (κ1) is 13.7. The SMILES string of the molecule is CC.CC/C=C/C(C)C1CCCCC1. The summed E-state index contributed by atoms with van der Waals surface area (Å²) in [6.45, 7) is 8.59. The minimum absolute atomic E-state index is 0.824. The van der Waals surface area contributed by atoms with Gasteiger partial charge in [-0.1, -0.05) is 59.1 Å². The maximum absolute atomic E-state index is 2.41. The summed E-state index contributed by atoms with van der Waals surface area (Å²) in [6, 6.07) is 0. The molecule has 1 rings (SSSR count). The first-order chi connectivity index (χ1) is 6.84. The van der Waals surface area contributed by atoms with Gasteiger partial charge in [0.05, 0.1) is 0 Å². The van der Waals surface area contributed by atoms with Crippen LogP contribution < -0.4 is 0 Å². The molecule has 1 atom stereocenters. The lowest BCUT2D eigenvalue weighted by atomic mass is 9.81. The van der Waals surface area contributed by atoms with E-state index in [9.17, 15) is 0 Å². The van der Waals surface area contributed by atoms with E-state index in [0.29, 0.717) is 0 Å². The summed E-state index contributed by atoms with van der Waals surface area (Å²) in [5.41, 5.74) is 0. The van der Waals surface area contributed by atoms with E-state index in [1.54, 1.807) is 0 Å².